The van der Waals surface area contributed by atoms with Gasteiger partial charge in [0.05, 0.1) is 12.2 Å². The molecule has 1 aromatic carbocycles. The van der Waals surface area contributed by atoms with Crippen LogP contribution in [0.25, 0.3) is 0 Å². The minimum absolute atomic E-state index is 0.293. The van der Waals surface area contributed by atoms with Gasteiger partial charge in [0.1, 0.15) is 5.76 Å². The molecule has 0 bridgehead atoms. The van der Waals surface area contributed by atoms with Gasteiger partial charge in [0.25, 0.3) is 5.79 Å². The fourth-order valence-corrected chi connectivity index (χ4v) is 3.01. The van der Waals surface area contributed by atoms with Crippen LogP contribution in [0.1, 0.15) is 50.2 Å². The summed E-state index contributed by atoms with van der Waals surface area (Å²) in [5.74, 6) is -0.640. The monoisotopic (exact) mass is 288 g/mol. The zero-order valence-electron chi connectivity index (χ0n) is 12.0. The van der Waals surface area contributed by atoms with Crippen LogP contribution in [0.4, 0.5) is 0 Å². The molecule has 1 heterocycles. The molecule has 0 radical (unpaired) electrons. The van der Waals surface area contributed by atoms with E-state index in [1.807, 2.05) is 30.3 Å². The van der Waals surface area contributed by atoms with Crippen LogP contribution in [-0.4, -0.2) is 16.9 Å². The molecule has 1 aliphatic carbocycles. The van der Waals surface area contributed by atoms with Crippen LogP contribution in [0.2, 0.25) is 0 Å². The van der Waals surface area contributed by atoms with Gasteiger partial charge < -0.3 is 14.6 Å². The van der Waals surface area contributed by atoms with Gasteiger partial charge in [-0.1, -0.05) is 36.8 Å². The third kappa shape index (κ3) is 3.27. The standard InChI is InChI=1S/C17H20O4/c18-15(13-7-3-1-4-8-13)11-14-12-16(19)21-17(20-14)9-5-2-6-10-17/h1,3-4,7-8,12,15,18H,2,5-6,9-11H2. The first-order valence-electron chi connectivity index (χ1n) is 7.52. The fraction of sp³-hybridized carbons (Fsp3) is 0.471. The highest BCUT2D eigenvalue weighted by Crippen LogP contribution is 2.38. The molecule has 1 fully saturated rings. The van der Waals surface area contributed by atoms with Crippen molar-refractivity contribution in [3.63, 3.8) is 0 Å². The van der Waals surface area contributed by atoms with Crippen LogP contribution < -0.4 is 0 Å². The summed E-state index contributed by atoms with van der Waals surface area (Å²) in [7, 11) is 0. The van der Waals surface area contributed by atoms with E-state index in [9.17, 15) is 9.90 Å². The number of benzene rings is 1. The molecule has 21 heavy (non-hydrogen) atoms. The normalized spacial score (nSPS) is 22.1. The number of hydrogen-bond donors (Lipinski definition) is 1. The molecule has 0 aromatic heterocycles. The highest BCUT2D eigenvalue weighted by Gasteiger charge is 2.41. The largest absolute Gasteiger partial charge is 0.456 e. The van der Waals surface area contributed by atoms with Crippen molar-refractivity contribution in [3.05, 3.63) is 47.7 Å². The topological polar surface area (TPSA) is 55.8 Å². The van der Waals surface area contributed by atoms with Crippen molar-refractivity contribution < 1.29 is 19.4 Å². The maximum Gasteiger partial charge on any atom is 0.337 e. The molecular weight excluding hydrogens is 268 g/mol. The lowest BCUT2D eigenvalue weighted by Gasteiger charge is -2.39. The average molecular weight is 288 g/mol. The van der Waals surface area contributed by atoms with Gasteiger partial charge in [-0.3, -0.25) is 0 Å². The van der Waals surface area contributed by atoms with Gasteiger partial charge in [0, 0.05) is 19.3 Å². The third-order valence-electron chi connectivity index (χ3n) is 4.08. The maximum absolute atomic E-state index is 11.8. The molecule has 4 nitrogen and oxygen atoms in total. The smallest absolute Gasteiger partial charge is 0.337 e. The van der Waals surface area contributed by atoms with E-state index in [1.54, 1.807) is 0 Å². The molecular formula is C17H20O4. The number of esters is 1. The van der Waals surface area contributed by atoms with E-state index >= 15 is 0 Å². The summed E-state index contributed by atoms with van der Waals surface area (Å²) in [4.78, 5) is 11.8. The van der Waals surface area contributed by atoms with E-state index in [-0.39, 0.29) is 5.97 Å². The van der Waals surface area contributed by atoms with Gasteiger partial charge in [0.15, 0.2) is 0 Å². The van der Waals surface area contributed by atoms with E-state index in [4.69, 9.17) is 9.47 Å². The minimum Gasteiger partial charge on any atom is -0.456 e. The van der Waals surface area contributed by atoms with Crippen molar-refractivity contribution in [3.8, 4) is 0 Å². The lowest BCUT2D eigenvalue weighted by molar-refractivity contribution is -0.234. The Morgan fingerprint density at radius 2 is 1.81 bits per heavy atom. The van der Waals surface area contributed by atoms with Crippen molar-refractivity contribution in [1.82, 2.24) is 0 Å². The van der Waals surface area contributed by atoms with Gasteiger partial charge >= 0.3 is 5.97 Å². The van der Waals surface area contributed by atoms with Crippen molar-refractivity contribution in [2.24, 2.45) is 0 Å². The van der Waals surface area contributed by atoms with Crippen molar-refractivity contribution >= 4 is 5.97 Å². The summed E-state index contributed by atoms with van der Waals surface area (Å²) in [6.45, 7) is 0. The lowest BCUT2D eigenvalue weighted by atomic mass is 9.93. The third-order valence-corrected chi connectivity index (χ3v) is 4.08. The number of rotatable bonds is 3. The molecule has 112 valence electrons. The quantitative estimate of drug-likeness (QED) is 0.868. The molecule has 1 unspecified atom stereocenters. The molecule has 1 spiro atoms. The first kappa shape index (κ1) is 14.1. The summed E-state index contributed by atoms with van der Waals surface area (Å²) in [5.41, 5.74) is 0.818. The molecule has 1 aromatic rings. The van der Waals surface area contributed by atoms with E-state index in [0.717, 1.165) is 37.7 Å². The van der Waals surface area contributed by atoms with Gasteiger partial charge in [-0.2, -0.15) is 0 Å². The Hall–Kier alpha value is -1.81. The summed E-state index contributed by atoms with van der Waals surface area (Å²) >= 11 is 0. The summed E-state index contributed by atoms with van der Waals surface area (Å²) in [6, 6.07) is 9.39. The van der Waals surface area contributed by atoms with Crippen molar-refractivity contribution in [2.75, 3.05) is 0 Å². The van der Waals surface area contributed by atoms with Crippen LogP contribution in [0.3, 0.4) is 0 Å². The number of carbonyl (C=O) groups excluding carboxylic acids is 1. The first-order chi connectivity index (χ1) is 10.2. The number of hydrogen-bond acceptors (Lipinski definition) is 4. The molecule has 1 atom stereocenters. The predicted octanol–water partition coefficient (Wildman–Crippen LogP) is 3.23. The summed E-state index contributed by atoms with van der Waals surface area (Å²) in [6.07, 6.45) is 5.59. The molecule has 4 heteroatoms. The molecule has 1 aliphatic heterocycles. The maximum atomic E-state index is 11.8. The second-order valence-electron chi connectivity index (χ2n) is 5.74. The van der Waals surface area contributed by atoms with Gasteiger partial charge in [-0.15, -0.1) is 0 Å². The van der Waals surface area contributed by atoms with Crippen LogP contribution in [0, 0.1) is 0 Å². The van der Waals surface area contributed by atoms with E-state index in [0.29, 0.717) is 12.2 Å². The zero-order chi connectivity index (χ0) is 14.7. The van der Waals surface area contributed by atoms with Gasteiger partial charge in [-0.05, 0) is 18.4 Å². The molecule has 3 rings (SSSR count). The molecule has 0 amide bonds. The number of ether oxygens (including phenoxy) is 2. The molecule has 2 aliphatic rings. The van der Waals surface area contributed by atoms with E-state index in [1.165, 1.54) is 6.08 Å². The Morgan fingerprint density at radius 1 is 1.10 bits per heavy atom. The van der Waals surface area contributed by atoms with Gasteiger partial charge in [-0.25, -0.2) is 4.79 Å². The lowest BCUT2D eigenvalue weighted by Crippen LogP contribution is -2.42. The van der Waals surface area contributed by atoms with Crippen LogP contribution in [-0.2, 0) is 14.3 Å². The van der Waals surface area contributed by atoms with Crippen LogP contribution in [0.15, 0.2) is 42.2 Å². The second-order valence-corrected chi connectivity index (χ2v) is 5.74. The van der Waals surface area contributed by atoms with E-state index in [2.05, 4.69) is 0 Å². The Morgan fingerprint density at radius 3 is 2.52 bits per heavy atom. The molecule has 0 saturated heterocycles. The average Bonchev–Trinajstić information content (AvgIpc) is 2.48. The van der Waals surface area contributed by atoms with Crippen LogP contribution >= 0.6 is 0 Å². The van der Waals surface area contributed by atoms with E-state index < -0.39 is 11.9 Å². The molecule has 1 N–H and O–H groups in total. The Bertz CT molecular complexity index is 529. The number of aliphatic hydroxyl groups is 1. The molecule has 1 saturated carbocycles. The van der Waals surface area contributed by atoms with Crippen molar-refractivity contribution in [2.45, 2.75) is 50.4 Å². The van der Waals surface area contributed by atoms with Gasteiger partial charge in [0.2, 0.25) is 0 Å². The number of carbonyl (C=O) groups is 1. The second kappa shape index (κ2) is 5.90. The Kier molecular flexibility index (Phi) is 3.97. The summed E-state index contributed by atoms with van der Waals surface area (Å²) in [5, 5.41) is 10.3. The highest BCUT2D eigenvalue weighted by molar-refractivity contribution is 5.83. The SMILES string of the molecule is O=C1C=C(CC(O)c2ccccc2)OC2(CCCCC2)O1. The fourth-order valence-electron chi connectivity index (χ4n) is 3.01. The number of aliphatic hydroxyl groups excluding tert-OH is 1. The Labute approximate surface area is 124 Å². The highest BCUT2D eigenvalue weighted by atomic mass is 16.7. The Balaban J connectivity index is 1.71. The zero-order valence-corrected chi connectivity index (χ0v) is 12.0. The predicted molar refractivity (Wildman–Crippen MR) is 77.1 cm³/mol. The first-order valence-corrected chi connectivity index (χ1v) is 7.52. The minimum atomic E-state index is -0.796. The summed E-state index contributed by atoms with van der Waals surface area (Å²) < 4.78 is 11.3. The van der Waals surface area contributed by atoms with Crippen LogP contribution in [0.5, 0.6) is 0 Å². The van der Waals surface area contributed by atoms with Crippen molar-refractivity contribution in [1.29, 1.82) is 0 Å².